The Balaban J connectivity index is 2.05. The molecule has 6 nitrogen and oxygen atoms in total. The maximum absolute atomic E-state index is 12.7. The van der Waals surface area contributed by atoms with Gasteiger partial charge in [-0.05, 0) is 36.2 Å². The van der Waals surface area contributed by atoms with E-state index in [-0.39, 0.29) is 10.6 Å². The molecule has 0 saturated carbocycles. The number of benzene rings is 2. The largest absolute Gasteiger partial charge is 0.618 e. The number of carbonyl (C=O) groups is 1. The van der Waals surface area contributed by atoms with Gasteiger partial charge >= 0.3 is 5.91 Å². The summed E-state index contributed by atoms with van der Waals surface area (Å²) in [5, 5.41) is 14.8. The molecule has 0 unspecified atom stereocenters. The van der Waals surface area contributed by atoms with Crippen molar-refractivity contribution in [3.8, 4) is 0 Å². The van der Waals surface area contributed by atoms with E-state index in [0.29, 0.717) is 10.3 Å². The standard InChI is InChI=1S/C21H20N2O4S/c1-15-9-11-16(12-10-15)20(17-6-5-7-18(14-17)28(2,26)27)22-21(24)19-8-3-4-13-23(19)25/h3-14,20H,1-2H3,(H,22,24)/t20-/m0/s1. The summed E-state index contributed by atoms with van der Waals surface area (Å²) in [5.74, 6) is -0.550. The SMILES string of the molecule is Cc1ccc([C@H](NC(=O)c2cccc[n+]2[O-])c2cccc(S(C)(=O)=O)c2)cc1. The summed E-state index contributed by atoms with van der Waals surface area (Å²) in [6.45, 7) is 1.95. The molecule has 3 aromatic rings. The summed E-state index contributed by atoms with van der Waals surface area (Å²) in [4.78, 5) is 12.9. The second-order valence-electron chi connectivity index (χ2n) is 6.57. The number of nitrogens with one attached hydrogen (secondary N) is 1. The van der Waals surface area contributed by atoms with Crippen LogP contribution in [0.2, 0.25) is 0 Å². The van der Waals surface area contributed by atoms with Gasteiger partial charge in [-0.15, -0.1) is 0 Å². The van der Waals surface area contributed by atoms with Gasteiger partial charge in [0.15, 0.2) is 16.0 Å². The molecule has 7 heteroatoms. The first kappa shape index (κ1) is 19.6. The first-order valence-corrected chi connectivity index (χ1v) is 10.5. The molecule has 28 heavy (non-hydrogen) atoms. The number of hydrogen-bond acceptors (Lipinski definition) is 4. The number of carbonyl (C=O) groups excluding carboxylic acids is 1. The van der Waals surface area contributed by atoms with Gasteiger partial charge in [0.05, 0.1) is 10.9 Å². The van der Waals surface area contributed by atoms with Crippen molar-refractivity contribution in [2.24, 2.45) is 0 Å². The van der Waals surface area contributed by atoms with E-state index >= 15 is 0 Å². The molecule has 1 amide bonds. The second kappa shape index (κ2) is 7.82. The minimum absolute atomic E-state index is 0.0427. The minimum atomic E-state index is -3.40. The van der Waals surface area contributed by atoms with Crippen molar-refractivity contribution in [2.45, 2.75) is 17.9 Å². The average Bonchev–Trinajstić information content (AvgIpc) is 2.66. The minimum Gasteiger partial charge on any atom is -0.618 e. The van der Waals surface area contributed by atoms with Gasteiger partial charge in [-0.2, -0.15) is 4.73 Å². The molecule has 1 atom stereocenters. The van der Waals surface area contributed by atoms with Crippen LogP contribution in [0.25, 0.3) is 0 Å². The second-order valence-corrected chi connectivity index (χ2v) is 8.59. The van der Waals surface area contributed by atoms with E-state index in [1.807, 2.05) is 31.2 Å². The van der Waals surface area contributed by atoms with Crippen molar-refractivity contribution in [3.05, 3.63) is 101 Å². The Morgan fingerprint density at radius 3 is 2.36 bits per heavy atom. The summed E-state index contributed by atoms with van der Waals surface area (Å²) in [6.07, 6.45) is 2.38. The average molecular weight is 396 g/mol. The van der Waals surface area contributed by atoms with Gasteiger partial charge in [-0.3, -0.25) is 4.79 Å². The summed E-state index contributed by atoms with van der Waals surface area (Å²) in [5.41, 5.74) is 2.39. The van der Waals surface area contributed by atoms with Crippen LogP contribution < -0.4 is 10.0 Å². The van der Waals surface area contributed by atoms with Crippen LogP contribution >= 0.6 is 0 Å². The van der Waals surface area contributed by atoms with Crippen molar-refractivity contribution >= 4 is 15.7 Å². The van der Waals surface area contributed by atoms with E-state index < -0.39 is 21.8 Å². The first-order chi connectivity index (χ1) is 13.3. The normalized spacial score (nSPS) is 12.4. The van der Waals surface area contributed by atoms with Crippen molar-refractivity contribution in [1.29, 1.82) is 0 Å². The summed E-state index contributed by atoms with van der Waals surface area (Å²) in [7, 11) is -3.40. The fourth-order valence-electron chi connectivity index (χ4n) is 2.85. The number of aryl methyl sites for hydroxylation is 1. The molecule has 0 aliphatic carbocycles. The van der Waals surface area contributed by atoms with Crippen LogP contribution in [0.1, 0.15) is 33.2 Å². The highest BCUT2D eigenvalue weighted by atomic mass is 32.2. The van der Waals surface area contributed by atoms with E-state index in [4.69, 9.17) is 0 Å². The van der Waals surface area contributed by atoms with Gasteiger partial charge in [-0.25, -0.2) is 8.42 Å². The number of amides is 1. The molecule has 1 aromatic heterocycles. The lowest BCUT2D eigenvalue weighted by Gasteiger charge is -2.20. The summed E-state index contributed by atoms with van der Waals surface area (Å²) >= 11 is 0. The molecule has 2 aromatic carbocycles. The molecule has 0 aliphatic rings. The topological polar surface area (TPSA) is 90.2 Å². The van der Waals surface area contributed by atoms with Crippen LogP contribution in [0.3, 0.4) is 0 Å². The highest BCUT2D eigenvalue weighted by Crippen LogP contribution is 2.25. The van der Waals surface area contributed by atoms with Crippen molar-refractivity contribution in [2.75, 3.05) is 6.26 Å². The highest BCUT2D eigenvalue weighted by Gasteiger charge is 2.23. The van der Waals surface area contributed by atoms with Gasteiger partial charge < -0.3 is 10.5 Å². The van der Waals surface area contributed by atoms with Gasteiger partial charge in [0, 0.05) is 18.4 Å². The smallest absolute Gasteiger partial charge is 0.318 e. The maximum Gasteiger partial charge on any atom is 0.318 e. The van der Waals surface area contributed by atoms with E-state index in [1.165, 1.54) is 30.5 Å². The van der Waals surface area contributed by atoms with Crippen LogP contribution in [0.4, 0.5) is 0 Å². The number of nitrogens with zero attached hydrogens (tertiary/aromatic N) is 1. The fraction of sp³-hybridized carbons (Fsp3) is 0.143. The number of aromatic nitrogens is 1. The molecule has 3 rings (SSSR count). The van der Waals surface area contributed by atoms with Gasteiger partial charge in [0.25, 0.3) is 5.69 Å². The fourth-order valence-corrected chi connectivity index (χ4v) is 3.53. The zero-order valence-corrected chi connectivity index (χ0v) is 16.3. The number of sulfone groups is 1. The molecule has 1 heterocycles. The van der Waals surface area contributed by atoms with Crippen LogP contribution in [0.5, 0.6) is 0 Å². The molecular weight excluding hydrogens is 376 g/mol. The lowest BCUT2D eigenvalue weighted by atomic mass is 9.97. The third-order valence-corrected chi connectivity index (χ3v) is 5.47. The van der Waals surface area contributed by atoms with Crippen LogP contribution in [-0.4, -0.2) is 20.6 Å². The molecule has 1 N–H and O–H groups in total. The molecule has 0 aliphatic heterocycles. The number of rotatable bonds is 5. The van der Waals surface area contributed by atoms with Crippen molar-refractivity contribution in [3.63, 3.8) is 0 Å². The van der Waals surface area contributed by atoms with Gasteiger partial charge in [-0.1, -0.05) is 42.0 Å². The predicted molar refractivity (Wildman–Crippen MR) is 105 cm³/mol. The lowest BCUT2D eigenvalue weighted by Crippen LogP contribution is -2.40. The Kier molecular flexibility index (Phi) is 5.46. The number of pyridine rings is 1. The third-order valence-electron chi connectivity index (χ3n) is 4.36. The third kappa shape index (κ3) is 4.37. The zero-order valence-electron chi connectivity index (χ0n) is 15.5. The van der Waals surface area contributed by atoms with Crippen LogP contribution in [0.15, 0.2) is 77.8 Å². The Hall–Kier alpha value is -3.19. The quantitative estimate of drug-likeness (QED) is 0.530. The summed E-state index contributed by atoms with van der Waals surface area (Å²) in [6, 6.07) is 17.9. The molecule has 0 saturated heterocycles. The zero-order chi connectivity index (χ0) is 20.3. The van der Waals surface area contributed by atoms with Gasteiger partial charge in [0.2, 0.25) is 0 Å². The molecule has 0 spiro atoms. The highest BCUT2D eigenvalue weighted by molar-refractivity contribution is 7.90. The Morgan fingerprint density at radius 1 is 1.00 bits per heavy atom. The van der Waals surface area contributed by atoms with E-state index in [9.17, 15) is 18.4 Å². The Bertz CT molecular complexity index is 1110. The first-order valence-electron chi connectivity index (χ1n) is 8.61. The molecule has 0 fully saturated rings. The summed E-state index contributed by atoms with van der Waals surface area (Å²) < 4.78 is 24.4. The Labute approximate surface area is 164 Å². The molecule has 0 radical (unpaired) electrons. The van der Waals surface area contributed by atoms with Crippen molar-refractivity contribution < 1.29 is 17.9 Å². The molecule has 0 bridgehead atoms. The van der Waals surface area contributed by atoms with Gasteiger partial charge in [0.1, 0.15) is 0 Å². The predicted octanol–water partition coefficient (Wildman–Crippen LogP) is 2.55. The number of hydrogen-bond donors (Lipinski definition) is 1. The van der Waals surface area contributed by atoms with Crippen LogP contribution in [-0.2, 0) is 9.84 Å². The molecule has 144 valence electrons. The van der Waals surface area contributed by atoms with E-state index in [1.54, 1.807) is 18.2 Å². The van der Waals surface area contributed by atoms with E-state index in [0.717, 1.165) is 17.4 Å². The lowest BCUT2D eigenvalue weighted by molar-refractivity contribution is -0.607. The Morgan fingerprint density at radius 2 is 1.71 bits per heavy atom. The maximum atomic E-state index is 12.7. The van der Waals surface area contributed by atoms with E-state index in [2.05, 4.69) is 5.32 Å². The monoisotopic (exact) mass is 396 g/mol. The van der Waals surface area contributed by atoms with Crippen molar-refractivity contribution in [1.82, 2.24) is 5.32 Å². The molecular formula is C21H20N2O4S. The van der Waals surface area contributed by atoms with Crippen LogP contribution in [0, 0.1) is 12.1 Å².